The summed E-state index contributed by atoms with van der Waals surface area (Å²) >= 11 is 1.50. The highest BCUT2D eigenvalue weighted by molar-refractivity contribution is 7.10. The summed E-state index contributed by atoms with van der Waals surface area (Å²) in [6.07, 6.45) is 4.85. The Kier molecular flexibility index (Phi) is 10.9. The summed E-state index contributed by atoms with van der Waals surface area (Å²) in [7, 11) is 1.73. The first kappa shape index (κ1) is 41.6. The number of hydrazine groups is 1. The lowest BCUT2D eigenvalue weighted by molar-refractivity contribution is -0.171. The number of cyclic esters (lactones) is 1. The lowest BCUT2D eigenvalue weighted by atomic mass is 9.73. The smallest absolute Gasteiger partial charge is 0.325 e. The predicted octanol–water partition coefficient (Wildman–Crippen LogP) is 5.38. The fraction of sp³-hybridized carbons (Fsp3) is 0.596. The van der Waals surface area contributed by atoms with Crippen LogP contribution in [0.5, 0.6) is 0 Å². The number of nitrogens with one attached hydrogen (secondary N) is 2. The van der Waals surface area contributed by atoms with Crippen molar-refractivity contribution in [1.82, 2.24) is 35.2 Å². The number of hydrogen-bond donors (Lipinski definition) is 2. The molecule has 4 saturated heterocycles. The van der Waals surface area contributed by atoms with Gasteiger partial charge in [0.05, 0.1) is 65.9 Å². The number of thiazole rings is 1. The van der Waals surface area contributed by atoms with E-state index in [0.29, 0.717) is 31.2 Å². The minimum atomic E-state index is -0.823. The lowest BCUT2D eigenvalue weighted by Gasteiger charge is -2.53. The monoisotopic (exact) mass is 864 g/mol. The van der Waals surface area contributed by atoms with Crippen molar-refractivity contribution >= 4 is 45.7 Å². The Labute approximate surface area is 367 Å². The third kappa shape index (κ3) is 7.61. The van der Waals surface area contributed by atoms with Gasteiger partial charge in [0.25, 0.3) is 5.91 Å². The van der Waals surface area contributed by atoms with Crippen molar-refractivity contribution in [3.63, 3.8) is 0 Å². The molecule has 11 rings (SSSR count). The van der Waals surface area contributed by atoms with E-state index in [-0.39, 0.29) is 54.8 Å². The molecule has 4 aromatic rings. The summed E-state index contributed by atoms with van der Waals surface area (Å²) in [6.45, 7) is 16.8. The second kappa shape index (κ2) is 16.3. The zero-order valence-electron chi connectivity index (χ0n) is 36.8. The second-order valence-electron chi connectivity index (χ2n) is 19.4. The van der Waals surface area contributed by atoms with Gasteiger partial charge < -0.3 is 29.0 Å². The van der Waals surface area contributed by atoms with Crippen molar-refractivity contribution < 1.29 is 28.6 Å². The number of morpholine rings is 1. The minimum Gasteiger partial charge on any atom is -0.464 e. The molecule has 2 saturated carbocycles. The van der Waals surface area contributed by atoms with E-state index in [2.05, 4.69) is 89.4 Å². The van der Waals surface area contributed by atoms with Crippen LogP contribution in [-0.4, -0.2) is 120 Å². The molecule has 8 heterocycles. The van der Waals surface area contributed by atoms with E-state index < -0.39 is 17.5 Å². The second-order valence-corrected chi connectivity index (χ2v) is 20.3. The molecule has 6 unspecified atom stereocenters. The van der Waals surface area contributed by atoms with E-state index in [1.807, 2.05) is 6.20 Å². The summed E-state index contributed by atoms with van der Waals surface area (Å²) in [5.41, 5.74) is 10.9. The third-order valence-corrected chi connectivity index (χ3v) is 15.4. The number of carbonyl (C=O) groups is 3. The number of anilines is 1. The number of nitrogens with zero attached hydrogens (tertiary/aromatic N) is 6. The van der Waals surface area contributed by atoms with E-state index in [1.165, 1.54) is 11.3 Å². The zero-order chi connectivity index (χ0) is 43.0. The zero-order valence-corrected chi connectivity index (χ0v) is 37.6. The number of carbonyl (C=O) groups excluding carboxylic acids is 3. The van der Waals surface area contributed by atoms with Gasteiger partial charge in [-0.2, -0.15) is 0 Å². The number of pyridine rings is 1. The van der Waals surface area contributed by atoms with Gasteiger partial charge in [-0.05, 0) is 75.1 Å². The first-order valence-corrected chi connectivity index (χ1v) is 23.5. The van der Waals surface area contributed by atoms with Gasteiger partial charge in [-0.1, -0.05) is 26.8 Å². The maximum atomic E-state index is 14.4. The van der Waals surface area contributed by atoms with E-state index in [4.69, 9.17) is 24.2 Å². The van der Waals surface area contributed by atoms with Gasteiger partial charge >= 0.3 is 5.97 Å². The average Bonchev–Trinajstić information content (AvgIpc) is 3.69. The molecule has 2 aliphatic carbocycles. The molecule has 7 aliphatic rings. The van der Waals surface area contributed by atoms with Gasteiger partial charge in [0.1, 0.15) is 12.1 Å². The molecule has 6 atom stereocenters. The molecule has 1 aromatic carbocycles. The van der Waals surface area contributed by atoms with Crippen molar-refractivity contribution in [3.8, 4) is 22.5 Å². The number of piperazine rings is 1. The third-order valence-electron chi connectivity index (χ3n) is 14.5. The Bertz CT molecular complexity index is 2390. The van der Waals surface area contributed by atoms with E-state index >= 15 is 0 Å². The Hall–Kier alpha value is -4.41. The molecule has 5 aliphatic heterocycles. The molecule has 0 radical (unpaired) electrons. The largest absolute Gasteiger partial charge is 0.464 e. The summed E-state index contributed by atoms with van der Waals surface area (Å²) in [5, 5.41) is 8.63. The number of aromatic nitrogens is 3. The number of methoxy groups -OCH3 is 1. The van der Waals surface area contributed by atoms with Crippen LogP contribution < -0.4 is 15.6 Å². The number of hydrogen-bond acceptors (Lipinski definition) is 12. The maximum Gasteiger partial charge on any atom is 0.325 e. The van der Waals surface area contributed by atoms with Crippen LogP contribution in [0.3, 0.4) is 0 Å². The topological polar surface area (TPSA) is 143 Å². The summed E-state index contributed by atoms with van der Waals surface area (Å²) in [4.78, 5) is 57.1. The molecular weight excluding hydrogens is 805 g/mol. The van der Waals surface area contributed by atoms with E-state index in [9.17, 15) is 14.4 Å². The number of aryl methyl sites for hydroxylation is 1. The van der Waals surface area contributed by atoms with Crippen LogP contribution >= 0.6 is 11.3 Å². The molecule has 3 aromatic heterocycles. The average molecular weight is 865 g/mol. The van der Waals surface area contributed by atoms with Crippen LogP contribution in [-0.2, 0) is 48.0 Å². The van der Waals surface area contributed by atoms with Crippen LogP contribution in [0.25, 0.3) is 33.4 Å². The number of amides is 2. The number of esters is 1. The van der Waals surface area contributed by atoms with E-state index in [0.717, 1.165) is 108 Å². The minimum absolute atomic E-state index is 0.0412. The molecule has 2 amide bonds. The highest BCUT2D eigenvalue weighted by Gasteiger charge is 2.52. The van der Waals surface area contributed by atoms with Crippen LogP contribution in [0.4, 0.5) is 5.69 Å². The standard InChI is InChI=1S/C47H60N8O6S/c1-7-54-39-9-8-28-17-34(39)36(43(54)35-18-31(21-48-41(35)27(3)59-6)53-11-10-52-12-13-60-23-32(52)22-53)20-47(4,5)25-61-46(58)42-29-15-30(16-29)55(51-42)45(57)37(19-40-49-38(28)24-62-40)50-44(56)33-14-26(33)2/h8-9,17-18,21,24,26-27,29-30,32-33,37,42,51H,7,10-16,19-20,22-23,25H2,1-6H3,(H,50,56). The van der Waals surface area contributed by atoms with Crippen molar-refractivity contribution in [3.05, 3.63) is 52.1 Å². The Morgan fingerprint density at radius 2 is 1.95 bits per heavy atom. The van der Waals surface area contributed by atoms with Gasteiger partial charge in [0, 0.05) is 91.0 Å². The van der Waals surface area contributed by atoms with Crippen LogP contribution in [0.1, 0.15) is 76.3 Å². The van der Waals surface area contributed by atoms with E-state index in [1.54, 1.807) is 12.1 Å². The molecule has 0 spiro atoms. The Balaban J connectivity index is 1.09. The maximum absolute atomic E-state index is 14.4. The molecule has 14 nitrogen and oxygen atoms in total. The van der Waals surface area contributed by atoms with Crippen molar-refractivity contribution in [1.29, 1.82) is 0 Å². The lowest BCUT2D eigenvalue weighted by Crippen LogP contribution is -2.71. The summed E-state index contributed by atoms with van der Waals surface area (Å²) in [5.74, 6) is -0.411. The fourth-order valence-electron chi connectivity index (χ4n) is 10.5. The van der Waals surface area contributed by atoms with Gasteiger partial charge in [-0.3, -0.25) is 29.3 Å². The van der Waals surface area contributed by atoms with Crippen LogP contribution in [0.2, 0.25) is 0 Å². The van der Waals surface area contributed by atoms with Crippen molar-refractivity contribution in [2.75, 3.05) is 58.0 Å². The highest BCUT2D eigenvalue weighted by atomic mass is 32.1. The number of fused-ring (bicyclic) bond motifs is 5. The van der Waals surface area contributed by atoms with Gasteiger partial charge in [-0.15, -0.1) is 11.3 Å². The first-order chi connectivity index (χ1) is 29.9. The fourth-order valence-corrected chi connectivity index (χ4v) is 11.4. The number of rotatable bonds is 7. The Morgan fingerprint density at radius 1 is 1.13 bits per heavy atom. The van der Waals surface area contributed by atoms with Gasteiger partial charge in [-0.25, -0.2) is 10.4 Å². The predicted molar refractivity (Wildman–Crippen MR) is 237 cm³/mol. The molecular formula is C47H60N8O6S. The van der Waals surface area contributed by atoms with Crippen LogP contribution in [0.15, 0.2) is 35.8 Å². The first-order valence-electron chi connectivity index (χ1n) is 22.7. The molecule has 2 N–H and O–H groups in total. The van der Waals surface area contributed by atoms with Crippen molar-refractivity contribution in [2.45, 2.75) is 104 Å². The summed E-state index contributed by atoms with van der Waals surface area (Å²) in [6, 6.07) is 7.71. The molecule has 6 fully saturated rings. The van der Waals surface area contributed by atoms with Crippen molar-refractivity contribution in [2.24, 2.45) is 23.2 Å². The van der Waals surface area contributed by atoms with Crippen LogP contribution in [0, 0.1) is 23.2 Å². The summed E-state index contributed by atoms with van der Waals surface area (Å²) < 4.78 is 20.6. The van der Waals surface area contributed by atoms with Gasteiger partial charge in [0.15, 0.2) is 0 Å². The molecule has 15 heteroatoms. The normalized spacial score (nSPS) is 29.0. The number of benzene rings is 1. The molecule has 8 bridgehead atoms. The van der Waals surface area contributed by atoms with Gasteiger partial charge in [0.2, 0.25) is 5.91 Å². The quantitative estimate of drug-likeness (QED) is 0.232. The SMILES string of the molecule is CCn1c(-c2cc(N3CCN4CCOCC4C3)cnc2C(C)OC)c2c3cc(ccc31)-c1csc(n1)CC(NC(=O)C1CC1C)C(=O)N1NC(C(=O)OCC(C)(C)C2)C2CC1C2. The molecule has 330 valence electrons. The Morgan fingerprint density at radius 3 is 2.73 bits per heavy atom. The highest BCUT2D eigenvalue weighted by Crippen LogP contribution is 2.44. The molecule has 62 heavy (non-hydrogen) atoms. The number of ether oxygens (including phenoxy) is 3.